The molecule has 1 amide bonds. The summed E-state index contributed by atoms with van der Waals surface area (Å²) in [6.45, 7) is 0.270. The van der Waals surface area contributed by atoms with Gasteiger partial charge in [-0.15, -0.1) is 0 Å². The van der Waals surface area contributed by atoms with E-state index in [4.69, 9.17) is 12.2 Å². The number of hydrogen-bond acceptors (Lipinski definition) is 5. The first-order valence-electron chi connectivity index (χ1n) is 9.25. The van der Waals surface area contributed by atoms with E-state index < -0.39 is 9.84 Å². The normalized spacial score (nSPS) is 13.9. The van der Waals surface area contributed by atoms with Crippen LogP contribution in [0.3, 0.4) is 0 Å². The maximum absolute atomic E-state index is 12.5. The van der Waals surface area contributed by atoms with E-state index in [1.165, 1.54) is 0 Å². The molecular formula is C20H20N4O3S2. The van der Waals surface area contributed by atoms with Crippen LogP contribution in [0, 0.1) is 4.77 Å². The minimum Gasteiger partial charge on any atom is -0.345 e. The fraction of sp³-hybridized carbons (Fsp3) is 0.250. The Morgan fingerprint density at radius 3 is 2.48 bits per heavy atom. The van der Waals surface area contributed by atoms with Crippen LogP contribution in [-0.4, -0.2) is 29.1 Å². The van der Waals surface area contributed by atoms with Gasteiger partial charge in [0, 0.05) is 11.6 Å². The first-order chi connectivity index (χ1) is 13.9. The number of H-pyrrole nitrogens is 1. The summed E-state index contributed by atoms with van der Waals surface area (Å²) in [7, 11) is -3.42. The van der Waals surface area contributed by atoms with Gasteiger partial charge in [-0.3, -0.25) is 14.5 Å². The summed E-state index contributed by atoms with van der Waals surface area (Å²) < 4.78 is 27.5. The number of benzene rings is 2. The Bertz CT molecular complexity index is 1180. The zero-order valence-corrected chi connectivity index (χ0v) is 17.2. The van der Waals surface area contributed by atoms with Crippen molar-refractivity contribution >= 4 is 28.0 Å². The van der Waals surface area contributed by atoms with E-state index in [2.05, 4.69) is 15.5 Å². The summed E-state index contributed by atoms with van der Waals surface area (Å²) in [4.78, 5) is 12.7. The SMILES string of the molecule is O=C(NCc1n[nH]c(=S)n1C1CC1)c1ccc(CS(=O)(=O)c2ccccc2)cc1. The molecule has 29 heavy (non-hydrogen) atoms. The highest BCUT2D eigenvalue weighted by molar-refractivity contribution is 7.90. The molecule has 0 atom stereocenters. The summed E-state index contributed by atoms with van der Waals surface area (Å²) in [6, 6.07) is 15.3. The third kappa shape index (κ3) is 4.46. The second-order valence-corrected chi connectivity index (χ2v) is 9.37. The van der Waals surface area contributed by atoms with Crippen molar-refractivity contribution in [3.8, 4) is 0 Å². The van der Waals surface area contributed by atoms with Gasteiger partial charge in [-0.25, -0.2) is 8.42 Å². The molecule has 3 aromatic rings. The van der Waals surface area contributed by atoms with Crippen LogP contribution in [0.1, 0.15) is 40.6 Å². The van der Waals surface area contributed by atoms with Gasteiger partial charge in [0.05, 0.1) is 17.2 Å². The molecule has 0 bridgehead atoms. The first kappa shape index (κ1) is 19.5. The topological polar surface area (TPSA) is 96.8 Å². The molecule has 7 nitrogen and oxygen atoms in total. The van der Waals surface area contributed by atoms with Crippen molar-refractivity contribution in [2.75, 3.05) is 0 Å². The van der Waals surface area contributed by atoms with Crippen molar-refractivity contribution in [2.24, 2.45) is 0 Å². The minimum absolute atomic E-state index is 0.116. The quantitative estimate of drug-likeness (QED) is 0.564. The number of aromatic nitrogens is 3. The second kappa shape index (κ2) is 7.92. The predicted molar refractivity (Wildman–Crippen MR) is 111 cm³/mol. The molecule has 0 aliphatic heterocycles. The molecule has 1 saturated carbocycles. The van der Waals surface area contributed by atoms with Crippen LogP contribution in [0.25, 0.3) is 0 Å². The van der Waals surface area contributed by atoms with E-state index in [9.17, 15) is 13.2 Å². The monoisotopic (exact) mass is 428 g/mol. The number of carbonyl (C=O) groups is 1. The fourth-order valence-electron chi connectivity index (χ4n) is 3.12. The smallest absolute Gasteiger partial charge is 0.251 e. The maximum atomic E-state index is 12.5. The number of amides is 1. The van der Waals surface area contributed by atoms with Gasteiger partial charge in [-0.05, 0) is 54.9 Å². The van der Waals surface area contributed by atoms with Crippen molar-refractivity contribution in [2.45, 2.75) is 36.1 Å². The summed E-state index contributed by atoms with van der Waals surface area (Å²) in [5.74, 6) is 0.338. The Hall–Kier alpha value is -2.78. The Morgan fingerprint density at radius 1 is 1.14 bits per heavy atom. The molecule has 1 aliphatic rings. The number of carbonyl (C=O) groups excluding carboxylic acids is 1. The lowest BCUT2D eigenvalue weighted by Gasteiger charge is -2.08. The van der Waals surface area contributed by atoms with E-state index >= 15 is 0 Å². The van der Waals surface area contributed by atoms with Gasteiger partial charge in [-0.1, -0.05) is 30.3 Å². The van der Waals surface area contributed by atoms with Gasteiger partial charge in [0.25, 0.3) is 5.91 Å². The van der Waals surface area contributed by atoms with E-state index in [1.807, 2.05) is 4.57 Å². The lowest BCUT2D eigenvalue weighted by molar-refractivity contribution is 0.0949. The molecule has 150 valence electrons. The van der Waals surface area contributed by atoms with Crippen LogP contribution < -0.4 is 5.32 Å². The van der Waals surface area contributed by atoms with Crippen molar-refractivity contribution < 1.29 is 13.2 Å². The van der Waals surface area contributed by atoms with Gasteiger partial charge >= 0.3 is 0 Å². The lowest BCUT2D eigenvalue weighted by Crippen LogP contribution is -2.24. The summed E-state index contributed by atoms with van der Waals surface area (Å²) in [6.07, 6.45) is 2.14. The van der Waals surface area contributed by atoms with Crippen LogP contribution in [0.4, 0.5) is 0 Å². The van der Waals surface area contributed by atoms with Crippen molar-refractivity contribution in [3.63, 3.8) is 0 Å². The molecule has 4 rings (SSSR count). The summed E-state index contributed by atoms with van der Waals surface area (Å²) in [5.41, 5.74) is 1.08. The zero-order valence-electron chi connectivity index (χ0n) is 15.5. The van der Waals surface area contributed by atoms with Crippen LogP contribution >= 0.6 is 12.2 Å². The summed E-state index contributed by atoms with van der Waals surface area (Å²) in [5, 5.41) is 9.80. The van der Waals surface area contributed by atoms with Gasteiger partial charge in [0.15, 0.2) is 20.4 Å². The van der Waals surface area contributed by atoms with Gasteiger partial charge in [0.1, 0.15) is 0 Å². The highest BCUT2D eigenvalue weighted by atomic mass is 32.2. The Morgan fingerprint density at radius 2 is 1.83 bits per heavy atom. The molecular weight excluding hydrogens is 408 g/mol. The number of nitrogens with one attached hydrogen (secondary N) is 2. The van der Waals surface area contributed by atoms with E-state index in [0.717, 1.165) is 12.8 Å². The number of rotatable bonds is 7. The number of nitrogens with zero attached hydrogens (tertiary/aromatic N) is 2. The molecule has 9 heteroatoms. The molecule has 2 N–H and O–H groups in total. The fourth-order valence-corrected chi connectivity index (χ4v) is 4.79. The summed E-state index contributed by atoms with van der Waals surface area (Å²) >= 11 is 5.24. The predicted octanol–water partition coefficient (Wildman–Crippen LogP) is 3.18. The standard InChI is InChI=1S/C20H20N4O3S2/c25-19(21-12-18-22-23-20(28)24(18)16-10-11-16)15-8-6-14(7-9-15)13-29(26,27)17-4-2-1-3-5-17/h1-9,16H,10-13H2,(H,21,25)(H,23,28). The molecule has 1 fully saturated rings. The van der Waals surface area contributed by atoms with Gasteiger partial charge < -0.3 is 5.32 Å². The van der Waals surface area contributed by atoms with Crippen LogP contribution in [-0.2, 0) is 22.1 Å². The van der Waals surface area contributed by atoms with Crippen molar-refractivity contribution in [3.05, 3.63) is 76.3 Å². The van der Waals surface area contributed by atoms with Gasteiger partial charge in [-0.2, -0.15) is 5.10 Å². The lowest BCUT2D eigenvalue weighted by atomic mass is 10.1. The molecule has 1 aromatic heterocycles. The molecule has 0 spiro atoms. The number of hydrogen-bond donors (Lipinski definition) is 2. The molecule has 0 radical (unpaired) electrons. The van der Waals surface area contributed by atoms with E-state index in [-0.39, 0.29) is 23.1 Å². The maximum Gasteiger partial charge on any atom is 0.251 e. The zero-order chi connectivity index (χ0) is 20.4. The minimum atomic E-state index is -3.42. The van der Waals surface area contributed by atoms with Crippen molar-refractivity contribution in [1.82, 2.24) is 20.1 Å². The van der Waals surface area contributed by atoms with Gasteiger partial charge in [0.2, 0.25) is 0 Å². The van der Waals surface area contributed by atoms with E-state index in [1.54, 1.807) is 54.6 Å². The van der Waals surface area contributed by atoms with Crippen LogP contribution in [0.2, 0.25) is 0 Å². The Kier molecular flexibility index (Phi) is 5.33. The highest BCUT2D eigenvalue weighted by Crippen LogP contribution is 2.35. The first-order valence-corrected chi connectivity index (χ1v) is 11.3. The molecule has 1 heterocycles. The molecule has 1 aliphatic carbocycles. The molecule has 2 aromatic carbocycles. The Labute approximate surface area is 173 Å². The number of aromatic amines is 1. The largest absolute Gasteiger partial charge is 0.345 e. The third-order valence-electron chi connectivity index (χ3n) is 4.77. The third-order valence-corrected chi connectivity index (χ3v) is 6.76. The van der Waals surface area contributed by atoms with Crippen LogP contribution in [0.15, 0.2) is 59.5 Å². The van der Waals surface area contributed by atoms with E-state index in [0.29, 0.717) is 27.8 Å². The van der Waals surface area contributed by atoms with Crippen LogP contribution in [0.5, 0.6) is 0 Å². The second-order valence-electron chi connectivity index (χ2n) is 7.00. The Balaban J connectivity index is 1.40. The number of sulfone groups is 1. The molecule has 0 saturated heterocycles. The van der Waals surface area contributed by atoms with Crippen molar-refractivity contribution in [1.29, 1.82) is 0 Å². The average molecular weight is 429 g/mol. The highest BCUT2D eigenvalue weighted by Gasteiger charge is 2.27. The molecule has 0 unspecified atom stereocenters. The average Bonchev–Trinajstić information content (AvgIpc) is 3.49.